The van der Waals surface area contributed by atoms with Crippen LogP contribution in [-0.2, 0) is 9.53 Å². The molecule has 2 fully saturated rings. The molecule has 0 N–H and O–H groups in total. The lowest BCUT2D eigenvalue weighted by Crippen LogP contribution is -2.51. The highest BCUT2D eigenvalue weighted by molar-refractivity contribution is 6.31. The zero-order valence-electron chi connectivity index (χ0n) is 17.7. The molecule has 3 rings (SSSR count). The highest BCUT2D eigenvalue weighted by Crippen LogP contribution is 2.41. The average Bonchev–Trinajstić information content (AvgIpc) is 3.16. The Morgan fingerprint density at radius 2 is 1.70 bits per heavy atom. The maximum atomic E-state index is 15.2. The molecule has 2 saturated heterocycles. The molecule has 8 heteroatoms. The number of amides is 2. The third-order valence-corrected chi connectivity index (χ3v) is 6.07. The standard InChI is InChI=1S/C22H29ClF2N2O3/c1-21(2,3)30-20(29)26-13-10-15(11-14-26)22(24,25)19(28)27-12-6-9-18(27)16-7-4-5-8-17(16)23/h4-5,7-8,15,18H,6,9-14H2,1-3H3/t18-/m1/s1. The van der Waals surface area contributed by atoms with Gasteiger partial charge in [-0.2, -0.15) is 8.78 Å². The first-order valence-electron chi connectivity index (χ1n) is 10.4. The van der Waals surface area contributed by atoms with Crippen molar-refractivity contribution in [3.63, 3.8) is 0 Å². The van der Waals surface area contributed by atoms with Gasteiger partial charge in [0.1, 0.15) is 5.60 Å². The molecular weight excluding hydrogens is 414 g/mol. The average molecular weight is 443 g/mol. The molecule has 0 bridgehead atoms. The molecular formula is C22H29ClF2N2O3. The van der Waals surface area contributed by atoms with Crippen LogP contribution in [0.1, 0.15) is 58.1 Å². The number of hydrogen-bond acceptors (Lipinski definition) is 3. The number of rotatable bonds is 3. The van der Waals surface area contributed by atoms with Crippen molar-refractivity contribution in [3.8, 4) is 0 Å². The molecule has 1 aromatic rings. The van der Waals surface area contributed by atoms with Crippen molar-refractivity contribution in [1.82, 2.24) is 9.80 Å². The molecule has 5 nitrogen and oxygen atoms in total. The summed E-state index contributed by atoms with van der Waals surface area (Å²) in [4.78, 5) is 27.8. The Kier molecular flexibility index (Phi) is 6.60. The van der Waals surface area contributed by atoms with E-state index in [4.69, 9.17) is 16.3 Å². The van der Waals surface area contributed by atoms with E-state index in [2.05, 4.69) is 0 Å². The van der Waals surface area contributed by atoms with Gasteiger partial charge >= 0.3 is 12.0 Å². The molecule has 2 amide bonds. The topological polar surface area (TPSA) is 49.9 Å². The predicted octanol–water partition coefficient (Wildman–Crippen LogP) is 5.29. The third-order valence-electron chi connectivity index (χ3n) is 5.72. The van der Waals surface area contributed by atoms with Crippen molar-refractivity contribution in [3.05, 3.63) is 34.9 Å². The summed E-state index contributed by atoms with van der Waals surface area (Å²) in [6.45, 7) is 5.87. The van der Waals surface area contributed by atoms with E-state index in [1.165, 1.54) is 9.80 Å². The summed E-state index contributed by atoms with van der Waals surface area (Å²) in [7, 11) is 0. The van der Waals surface area contributed by atoms with Crippen LogP contribution in [0.15, 0.2) is 24.3 Å². The van der Waals surface area contributed by atoms with Crippen LogP contribution in [0.3, 0.4) is 0 Å². The number of carbonyl (C=O) groups is 2. The Balaban J connectivity index is 1.66. The van der Waals surface area contributed by atoms with Crippen LogP contribution in [0.2, 0.25) is 5.02 Å². The first-order valence-corrected chi connectivity index (χ1v) is 10.8. The molecule has 0 radical (unpaired) electrons. The number of halogens is 3. The maximum absolute atomic E-state index is 15.2. The van der Waals surface area contributed by atoms with E-state index in [9.17, 15) is 9.59 Å². The van der Waals surface area contributed by atoms with Gasteiger partial charge in [-0.15, -0.1) is 0 Å². The number of nitrogens with zero attached hydrogens (tertiary/aromatic N) is 2. The Labute approximate surface area is 181 Å². The summed E-state index contributed by atoms with van der Waals surface area (Å²) in [5.74, 6) is -5.72. The van der Waals surface area contributed by atoms with Crippen LogP contribution in [0.25, 0.3) is 0 Å². The van der Waals surface area contributed by atoms with Crippen LogP contribution >= 0.6 is 11.6 Å². The SMILES string of the molecule is CC(C)(C)OC(=O)N1CCC(C(F)(F)C(=O)N2CCC[C@@H]2c2ccccc2Cl)CC1. The van der Waals surface area contributed by atoms with E-state index >= 15 is 8.78 Å². The number of piperidine rings is 1. The van der Waals surface area contributed by atoms with Crippen LogP contribution < -0.4 is 0 Å². The minimum atomic E-state index is -3.48. The Hall–Kier alpha value is -1.89. The largest absolute Gasteiger partial charge is 0.444 e. The molecule has 2 aliphatic heterocycles. The van der Waals surface area contributed by atoms with Gasteiger partial charge in [-0.3, -0.25) is 4.79 Å². The van der Waals surface area contributed by atoms with Crippen molar-refractivity contribution in [2.75, 3.05) is 19.6 Å². The van der Waals surface area contributed by atoms with Crippen molar-refractivity contribution in [2.24, 2.45) is 5.92 Å². The van der Waals surface area contributed by atoms with Crippen LogP contribution in [-0.4, -0.2) is 53.0 Å². The zero-order chi connectivity index (χ0) is 22.1. The zero-order valence-corrected chi connectivity index (χ0v) is 18.4. The van der Waals surface area contributed by atoms with E-state index in [1.807, 2.05) is 0 Å². The molecule has 2 heterocycles. The Bertz CT molecular complexity index is 789. The molecule has 0 unspecified atom stereocenters. The van der Waals surface area contributed by atoms with Crippen molar-refractivity contribution in [1.29, 1.82) is 0 Å². The van der Waals surface area contributed by atoms with Crippen molar-refractivity contribution < 1.29 is 23.1 Å². The first-order chi connectivity index (χ1) is 14.0. The third kappa shape index (κ3) is 4.88. The molecule has 166 valence electrons. The highest BCUT2D eigenvalue weighted by Gasteiger charge is 2.52. The van der Waals surface area contributed by atoms with Crippen molar-refractivity contribution in [2.45, 2.75) is 64.0 Å². The van der Waals surface area contributed by atoms with Gasteiger partial charge in [-0.25, -0.2) is 4.79 Å². The molecule has 0 aromatic heterocycles. The van der Waals surface area contributed by atoms with E-state index in [-0.39, 0.29) is 25.9 Å². The monoisotopic (exact) mass is 442 g/mol. The normalized spacial score (nSPS) is 21.1. The molecule has 30 heavy (non-hydrogen) atoms. The summed E-state index contributed by atoms with van der Waals surface area (Å²) in [5.41, 5.74) is 0.0673. The number of hydrogen-bond donors (Lipinski definition) is 0. The minimum Gasteiger partial charge on any atom is -0.444 e. The lowest BCUT2D eigenvalue weighted by atomic mass is 9.89. The summed E-state index contributed by atoms with van der Waals surface area (Å²) >= 11 is 6.25. The van der Waals surface area contributed by atoms with Gasteiger partial charge in [0.05, 0.1) is 6.04 Å². The van der Waals surface area contributed by atoms with Gasteiger partial charge in [-0.1, -0.05) is 29.8 Å². The second-order valence-corrected chi connectivity index (χ2v) is 9.45. The second kappa shape index (κ2) is 8.69. The van der Waals surface area contributed by atoms with Gasteiger partial charge in [-0.05, 0) is 58.1 Å². The second-order valence-electron chi connectivity index (χ2n) is 9.04. The fraction of sp³-hybridized carbons (Fsp3) is 0.636. The Morgan fingerprint density at radius 3 is 2.30 bits per heavy atom. The molecule has 0 saturated carbocycles. The summed E-state index contributed by atoms with van der Waals surface area (Å²) in [5, 5.41) is 0.483. The van der Waals surface area contributed by atoms with E-state index in [1.54, 1.807) is 45.0 Å². The lowest BCUT2D eigenvalue weighted by molar-refractivity contribution is -0.169. The fourth-order valence-electron chi connectivity index (χ4n) is 4.20. The molecule has 1 aromatic carbocycles. The number of benzene rings is 1. The molecule has 1 atom stereocenters. The maximum Gasteiger partial charge on any atom is 0.410 e. The molecule has 0 aliphatic carbocycles. The quantitative estimate of drug-likeness (QED) is 0.639. The van der Waals surface area contributed by atoms with E-state index in [0.717, 1.165) is 0 Å². The number of likely N-dealkylation sites (tertiary alicyclic amines) is 2. The lowest BCUT2D eigenvalue weighted by Gasteiger charge is -2.38. The number of ether oxygens (including phenoxy) is 1. The van der Waals surface area contributed by atoms with E-state index < -0.39 is 35.5 Å². The van der Waals surface area contributed by atoms with Gasteiger partial charge in [0.2, 0.25) is 0 Å². The predicted molar refractivity (Wildman–Crippen MR) is 111 cm³/mol. The van der Waals surface area contributed by atoms with Gasteiger partial charge in [0.25, 0.3) is 5.91 Å². The first kappa shape index (κ1) is 22.8. The van der Waals surface area contributed by atoms with Crippen LogP contribution in [0, 0.1) is 5.92 Å². The molecule has 0 spiro atoms. The van der Waals surface area contributed by atoms with Gasteiger partial charge in [0, 0.05) is 30.6 Å². The molecule has 2 aliphatic rings. The van der Waals surface area contributed by atoms with Gasteiger partial charge < -0.3 is 14.5 Å². The fourth-order valence-corrected chi connectivity index (χ4v) is 4.46. The van der Waals surface area contributed by atoms with Crippen LogP contribution in [0.4, 0.5) is 13.6 Å². The summed E-state index contributed by atoms with van der Waals surface area (Å²) in [6.07, 6.45) is 0.886. The summed E-state index contributed by atoms with van der Waals surface area (Å²) < 4.78 is 35.7. The smallest absolute Gasteiger partial charge is 0.410 e. The number of carbonyl (C=O) groups excluding carboxylic acids is 2. The van der Waals surface area contributed by atoms with Gasteiger partial charge in [0.15, 0.2) is 0 Å². The number of alkyl halides is 2. The van der Waals surface area contributed by atoms with E-state index in [0.29, 0.717) is 30.0 Å². The van der Waals surface area contributed by atoms with Crippen LogP contribution in [0.5, 0.6) is 0 Å². The summed E-state index contributed by atoms with van der Waals surface area (Å²) in [6, 6.07) is 6.64. The Morgan fingerprint density at radius 1 is 1.07 bits per heavy atom. The van der Waals surface area contributed by atoms with Crippen molar-refractivity contribution >= 4 is 23.6 Å². The highest BCUT2D eigenvalue weighted by atomic mass is 35.5. The minimum absolute atomic E-state index is 0.0581.